The van der Waals surface area contributed by atoms with Gasteiger partial charge in [0.15, 0.2) is 6.61 Å². The lowest BCUT2D eigenvalue weighted by Gasteiger charge is -2.20. The van der Waals surface area contributed by atoms with Crippen molar-refractivity contribution in [2.75, 3.05) is 25.0 Å². The highest BCUT2D eigenvalue weighted by Crippen LogP contribution is 2.31. The number of carbonyl (C=O) groups is 2. The second-order valence-electron chi connectivity index (χ2n) is 7.82. The molecule has 14 nitrogen and oxygen atoms in total. The van der Waals surface area contributed by atoms with E-state index in [1.165, 1.54) is 33.3 Å². The van der Waals surface area contributed by atoms with Crippen molar-refractivity contribution >= 4 is 45.0 Å². The molecule has 0 bridgehead atoms. The van der Waals surface area contributed by atoms with Crippen LogP contribution in [0.5, 0.6) is 0 Å². The second kappa shape index (κ2) is 12.1. The molecule has 0 aliphatic heterocycles. The minimum atomic E-state index is -3.77. The zero-order chi connectivity index (χ0) is 28.0. The summed E-state index contributed by atoms with van der Waals surface area (Å²) in [7, 11) is -2.19. The van der Waals surface area contributed by atoms with Gasteiger partial charge in [-0.1, -0.05) is 19.9 Å². The smallest absolute Gasteiger partial charge is 0.340 e. The number of hydrogen-bond donors (Lipinski definition) is 1. The van der Waals surface area contributed by atoms with Gasteiger partial charge in [0.1, 0.15) is 0 Å². The number of nitrogens with zero attached hydrogens (tertiary/aromatic N) is 6. The average molecular weight is 564 g/mol. The number of nitro benzene ring substituents is 1. The summed E-state index contributed by atoms with van der Waals surface area (Å²) in [5, 5.41) is 25.1. The van der Waals surface area contributed by atoms with Crippen molar-refractivity contribution in [3.63, 3.8) is 0 Å². The summed E-state index contributed by atoms with van der Waals surface area (Å²) >= 11 is 0.986. The van der Waals surface area contributed by atoms with Gasteiger partial charge in [0.2, 0.25) is 15.2 Å². The summed E-state index contributed by atoms with van der Waals surface area (Å²) < 4.78 is 33.7. The summed E-state index contributed by atoms with van der Waals surface area (Å²) in [5.74, 6) is -1.71. The van der Waals surface area contributed by atoms with Gasteiger partial charge in [-0.2, -0.15) is 4.31 Å². The van der Waals surface area contributed by atoms with Crippen LogP contribution in [-0.2, 0) is 26.6 Å². The Bertz CT molecular complexity index is 1470. The highest BCUT2D eigenvalue weighted by Gasteiger charge is 2.25. The molecular weight excluding hydrogens is 538 g/mol. The van der Waals surface area contributed by atoms with Crippen LogP contribution in [0.25, 0.3) is 0 Å². The van der Waals surface area contributed by atoms with Gasteiger partial charge >= 0.3 is 5.97 Å². The van der Waals surface area contributed by atoms with E-state index < -0.39 is 33.4 Å². The monoisotopic (exact) mass is 563 g/mol. The first-order valence-electron chi connectivity index (χ1n) is 11.2. The molecule has 0 atom stereocenters. The molecule has 202 valence electrons. The predicted molar refractivity (Wildman–Crippen MR) is 136 cm³/mol. The zero-order valence-corrected chi connectivity index (χ0v) is 22.6. The largest absolute Gasteiger partial charge is 0.452 e. The molecule has 16 heteroatoms. The normalized spacial score (nSPS) is 11.4. The van der Waals surface area contributed by atoms with Crippen LogP contribution in [0.1, 0.15) is 29.8 Å². The number of amides is 1. The molecule has 0 aliphatic carbocycles. The molecule has 0 fully saturated rings. The predicted octanol–water partition coefficient (Wildman–Crippen LogP) is 2.40. The molecule has 1 heterocycles. The van der Waals surface area contributed by atoms with Crippen LogP contribution in [0.3, 0.4) is 0 Å². The number of anilines is 1. The first kappa shape index (κ1) is 28.7. The fourth-order valence-electron chi connectivity index (χ4n) is 3.35. The molecule has 3 aromatic rings. The number of benzene rings is 2. The molecular formula is C22H25N7O7S2. The minimum absolute atomic E-state index is 0.0486. The van der Waals surface area contributed by atoms with Crippen molar-refractivity contribution in [3.05, 3.63) is 57.6 Å². The number of non-ortho nitro benzene ring substituents is 1. The molecule has 1 N–H and O–H groups in total. The third-order valence-electron chi connectivity index (χ3n) is 5.31. The van der Waals surface area contributed by atoms with E-state index in [1.807, 2.05) is 0 Å². The van der Waals surface area contributed by atoms with E-state index in [0.717, 1.165) is 17.8 Å². The van der Waals surface area contributed by atoms with E-state index in [0.29, 0.717) is 10.7 Å². The molecule has 1 amide bonds. The molecule has 0 saturated heterocycles. The maximum atomic E-state index is 12.9. The number of hydrogen-bond acceptors (Lipinski definition) is 11. The van der Waals surface area contributed by atoms with Crippen LogP contribution in [0, 0.1) is 17.0 Å². The number of aromatic nitrogens is 4. The number of carbonyl (C=O) groups excluding carboxylic acids is 2. The SMILES string of the molecule is CCN(CC)S(=O)(=O)c1cc(NC(=O)COC(=O)c2cc([N+](=O)[O-])ccc2Sc2nnnn2C)ccc1C. The van der Waals surface area contributed by atoms with E-state index >= 15 is 0 Å². The maximum absolute atomic E-state index is 12.9. The number of ether oxygens (including phenoxy) is 1. The van der Waals surface area contributed by atoms with Gasteiger partial charge < -0.3 is 10.1 Å². The van der Waals surface area contributed by atoms with Gasteiger partial charge in [-0.15, -0.1) is 5.10 Å². The fraction of sp³-hybridized carbons (Fsp3) is 0.318. The Balaban J connectivity index is 1.75. The quantitative estimate of drug-likeness (QED) is 0.206. The number of nitro groups is 1. The Morgan fingerprint density at radius 2 is 1.89 bits per heavy atom. The van der Waals surface area contributed by atoms with E-state index in [4.69, 9.17) is 4.74 Å². The van der Waals surface area contributed by atoms with Gasteiger partial charge in [0, 0.05) is 42.9 Å². The number of esters is 1. The van der Waals surface area contributed by atoms with Gasteiger partial charge in [-0.25, -0.2) is 17.9 Å². The van der Waals surface area contributed by atoms with Crippen LogP contribution in [0.4, 0.5) is 11.4 Å². The molecule has 0 radical (unpaired) electrons. The number of rotatable bonds is 11. The van der Waals surface area contributed by atoms with E-state index in [9.17, 15) is 28.1 Å². The van der Waals surface area contributed by atoms with Crippen LogP contribution in [-0.4, -0.2) is 69.4 Å². The minimum Gasteiger partial charge on any atom is -0.452 e. The lowest BCUT2D eigenvalue weighted by atomic mass is 10.2. The van der Waals surface area contributed by atoms with Gasteiger partial charge in [0.25, 0.3) is 11.6 Å². The molecule has 0 unspecified atom stereocenters. The van der Waals surface area contributed by atoms with Crippen molar-refractivity contribution in [2.24, 2.45) is 7.05 Å². The lowest BCUT2D eigenvalue weighted by Crippen LogP contribution is -2.31. The van der Waals surface area contributed by atoms with Gasteiger partial charge in [-0.05, 0) is 52.9 Å². The van der Waals surface area contributed by atoms with E-state index in [1.54, 1.807) is 33.9 Å². The molecule has 0 spiro atoms. The van der Waals surface area contributed by atoms with Crippen LogP contribution < -0.4 is 5.32 Å². The van der Waals surface area contributed by atoms with Crippen molar-refractivity contribution in [2.45, 2.75) is 35.7 Å². The summed E-state index contributed by atoms with van der Waals surface area (Å²) in [6.07, 6.45) is 0. The van der Waals surface area contributed by atoms with Crippen molar-refractivity contribution in [1.29, 1.82) is 0 Å². The lowest BCUT2D eigenvalue weighted by molar-refractivity contribution is -0.384. The highest BCUT2D eigenvalue weighted by molar-refractivity contribution is 7.99. The Labute approximate surface area is 222 Å². The molecule has 1 aromatic heterocycles. The molecule has 0 aliphatic rings. The van der Waals surface area contributed by atoms with Crippen molar-refractivity contribution in [3.8, 4) is 0 Å². The first-order chi connectivity index (χ1) is 18.0. The maximum Gasteiger partial charge on any atom is 0.340 e. The third kappa shape index (κ3) is 6.51. The zero-order valence-electron chi connectivity index (χ0n) is 20.9. The number of aryl methyl sites for hydroxylation is 2. The molecule has 0 saturated carbocycles. The molecule has 38 heavy (non-hydrogen) atoms. The summed E-state index contributed by atoms with van der Waals surface area (Å²) in [5.41, 5.74) is 0.213. The Morgan fingerprint density at radius 1 is 1.18 bits per heavy atom. The van der Waals surface area contributed by atoms with Gasteiger partial charge in [0.05, 0.1) is 15.4 Å². The van der Waals surface area contributed by atoms with Crippen molar-refractivity contribution < 1.29 is 27.7 Å². The van der Waals surface area contributed by atoms with E-state index in [2.05, 4.69) is 20.8 Å². The second-order valence-corrected chi connectivity index (χ2v) is 10.7. The van der Waals surface area contributed by atoms with E-state index in [-0.39, 0.29) is 39.8 Å². The van der Waals surface area contributed by atoms with Gasteiger partial charge in [-0.3, -0.25) is 14.9 Å². The number of tetrazole rings is 1. The fourth-order valence-corrected chi connectivity index (χ4v) is 5.89. The van der Waals surface area contributed by atoms with Crippen molar-refractivity contribution in [1.82, 2.24) is 24.5 Å². The van der Waals surface area contributed by atoms with Crippen LogP contribution >= 0.6 is 11.8 Å². The summed E-state index contributed by atoms with van der Waals surface area (Å²) in [6.45, 7) is 4.96. The average Bonchev–Trinajstić information content (AvgIpc) is 3.28. The Morgan fingerprint density at radius 3 is 2.50 bits per heavy atom. The third-order valence-corrected chi connectivity index (χ3v) is 8.60. The molecule has 3 rings (SSSR count). The number of sulfonamides is 1. The van der Waals surface area contributed by atoms with Crippen LogP contribution in [0.15, 0.2) is 51.3 Å². The summed E-state index contributed by atoms with van der Waals surface area (Å²) in [4.78, 5) is 36.2. The first-order valence-corrected chi connectivity index (χ1v) is 13.5. The Hall–Kier alpha value is -3.89. The Kier molecular flexibility index (Phi) is 9.13. The van der Waals surface area contributed by atoms with Crippen LogP contribution in [0.2, 0.25) is 0 Å². The standard InChI is InChI=1S/C22H25N7O7S2/c1-5-28(6-2)38(34,35)19-11-15(8-7-14(19)3)23-20(30)13-36-21(31)17-12-16(29(32)33)9-10-18(17)37-22-24-25-26-27(22)4/h7-12H,5-6,13H2,1-4H3,(H,23,30). The topological polar surface area (TPSA) is 180 Å². The molecule has 2 aromatic carbocycles. The highest BCUT2D eigenvalue weighted by atomic mass is 32.2. The summed E-state index contributed by atoms with van der Waals surface area (Å²) in [6, 6.07) is 8.05. The number of nitrogens with one attached hydrogen (secondary N) is 1.